The number of aromatic nitrogens is 1. The van der Waals surface area contributed by atoms with E-state index in [1.807, 2.05) is 18.2 Å². The third kappa shape index (κ3) is 4.49. The summed E-state index contributed by atoms with van der Waals surface area (Å²) in [5.41, 5.74) is 0.878. The van der Waals surface area contributed by atoms with Crippen molar-refractivity contribution in [1.29, 1.82) is 0 Å². The number of ether oxygens (including phenoxy) is 2. The molecule has 2 heterocycles. The van der Waals surface area contributed by atoms with E-state index in [1.165, 1.54) is 0 Å². The van der Waals surface area contributed by atoms with Crippen molar-refractivity contribution in [1.82, 2.24) is 15.2 Å². The van der Waals surface area contributed by atoms with E-state index in [2.05, 4.69) is 10.3 Å². The third-order valence-electron chi connectivity index (χ3n) is 3.68. The number of methoxy groups -OCH3 is 2. The van der Waals surface area contributed by atoms with Gasteiger partial charge in [0.25, 0.3) is 0 Å². The Morgan fingerprint density at radius 3 is 2.95 bits per heavy atom. The van der Waals surface area contributed by atoms with E-state index >= 15 is 0 Å². The minimum atomic E-state index is -0.185. The highest BCUT2D eigenvalue weighted by molar-refractivity contribution is 5.82. The van der Waals surface area contributed by atoms with E-state index < -0.39 is 0 Å². The van der Waals surface area contributed by atoms with Gasteiger partial charge in [0.05, 0.1) is 31.0 Å². The Hall–Kier alpha value is -1.50. The van der Waals surface area contributed by atoms with Crippen molar-refractivity contribution in [3.05, 3.63) is 30.1 Å². The first-order valence-electron chi connectivity index (χ1n) is 7.18. The highest BCUT2D eigenvalue weighted by Crippen LogP contribution is 2.13. The van der Waals surface area contributed by atoms with Crippen LogP contribution in [0.2, 0.25) is 0 Å². The predicted octanol–water partition coefficient (Wildman–Crippen LogP) is 0.434. The average Bonchev–Trinajstić information content (AvgIpc) is 3.00. The number of carbonyl (C=O) groups is 1. The van der Waals surface area contributed by atoms with Gasteiger partial charge < -0.3 is 19.7 Å². The normalized spacial score (nSPS) is 21.4. The lowest BCUT2D eigenvalue weighted by atomic mass is 10.1. The fourth-order valence-electron chi connectivity index (χ4n) is 2.45. The van der Waals surface area contributed by atoms with E-state index in [0.29, 0.717) is 32.7 Å². The second-order valence-corrected chi connectivity index (χ2v) is 5.13. The molecular formula is C15H23N3O3. The van der Waals surface area contributed by atoms with Crippen molar-refractivity contribution < 1.29 is 14.3 Å². The molecule has 0 spiro atoms. The van der Waals surface area contributed by atoms with Gasteiger partial charge in [-0.1, -0.05) is 6.07 Å². The van der Waals surface area contributed by atoms with Crippen LogP contribution in [0.15, 0.2) is 24.4 Å². The van der Waals surface area contributed by atoms with Gasteiger partial charge in [0.2, 0.25) is 5.91 Å². The van der Waals surface area contributed by atoms with Crippen LogP contribution in [-0.4, -0.2) is 61.9 Å². The topological polar surface area (TPSA) is 63.7 Å². The summed E-state index contributed by atoms with van der Waals surface area (Å²) < 4.78 is 10.4. The summed E-state index contributed by atoms with van der Waals surface area (Å²) in [6.45, 7) is 2.29. The first-order valence-corrected chi connectivity index (χ1v) is 7.18. The molecule has 116 valence electrons. The highest BCUT2D eigenvalue weighted by atomic mass is 16.5. The maximum Gasteiger partial charge on any atom is 0.240 e. The van der Waals surface area contributed by atoms with Gasteiger partial charge in [0.1, 0.15) is 0 Å². The molecule has 0 aliphatic carbocycles. The first kappa shape index (κ1) is 15.9. The molecule has 2 atom stereocenters. The van der Waals surface area contributed by atoms with E-state index in [1.54, 1.807) is 25.3 Å². The number of carbonyl (C=O) groups excluding carboxylic acids is 1. The zero-order valence-electron chi connectivity index (χ0n) is 12.6. The lowest BCUT2D eigenvalue weighted by Crippen LogP contribution is -2.44. The highest BCUT2D eigenvalue weighted by Gasteiger charge is 2.32. The van der Waals surface area contributed by atoms with Crippen LogP contribution in [0, 0.1) is 0 Å². The van der Waals surface area contributed by atoms with Crippen LogP contribution < -0.4 is 5.32 Å². The molecule has 6 nitrogen and oxygen atoms in total. The molecule has 1 aliphatic heterocycles. The second-order valence-electron chi connectivity index (χ2n) is 5.13. The van der Waals surface area contributed by atoms with Crippen molar-refractivity contribution in [2.24, 2.45) is 0 Å². The number of amides is 1. The summed E-state index contributed by atoms with van der Waals surface area (Å²) in [4.78, 5) is 18.7. The van der Waals surface area contributed by atoms with E-state index in [0.717, 1.165) is 5.69 Å². The van der Waals surface area contributed by atoms with Crippen LogP contribution in [0.5, 0.6) is 0 Å². The van der Waals surface area contributed by atoms with Crippen molar-refractivity contribution in [2.45, 2.75) is 25.1 Å². The molecule has 1 amide bonds. The third-order valence-corrected chi connectivity index (χ3v) is 3.68. The second kappa shape index (κ2) is 8.07. The minimum Gasteiger partial charge on any atom is -0.383 e. The van der Waals surface area contributed by atoms with Crippen molar-refractivity contribution in [2.75, 3.05) is 33.9 Å². The quantitative estimate of drug-likeness (QED) is 0.790. The molecule has 0 radical (unpaired) electrons. The number of pyridine rings is 1. The maximum atomic E-state index is 12.6. The van der Waals surface area contributed by atoms with Gasteiger partial charge in [-0.05, 0) is 18.6 Å². The van der Waals surface area contributed by atoms with E-state index in [4.69, 9.17) is 9.47 Å². The fourth-order valence-corrected chi connectivity index (χ4v) is 2.45. The standard InChI is InChI=1S/C15H23N3O3/c1-20-8-7-18(11-12-5-3-4-6-16-12)15(19)14-9-13(21-2)10-17-14/h3-6,13-14,17H,7-11H2,1-2H3. The smallest absolute Gasteiger partial charge is 0.240 e. The SMILES string of the molecule is COCCN(Cc1ccccn1)C(=O)C1CC(OC)CN1. The Morgan fingerprint density at radius 1 is 1.48 bits per heavy atom. The molecule has 1 aromatic heterocycles. The van der Waals surface area contributed by atoms with Crippen LogP contribution in [-0.2, 0) is 20.8 Å². The lowest BCUT2D eigenvalue weighted by Gasteiger charge is -2.25. The van der Waals surface area contributed by atoms with E-state index in [9.17, 15) is 4.79 Å². The van der Waals surface area contributed by atoms with Crippen LogP contribution in [0.25, 0.3) is 0 Å². The molecule has 21 heavy (non-hydrogen) atoms. The molecular weight excluding hydrogens is 270 g/mol. The Morgan fingerprint density at radius 2 is 2.33 bits per heavy atom. The summed E-state index contributed by atoms with van der Waals surface area (Å²) in [6.07, 6.45) is 2.56. The fraction of sp³-hybridized carbons (Fsp3) is 0.600. The Kier molecular flexibility index (Phi) is 6.10. The van der Waals surface area contributed by atoms with Crippen LogP contribution in [0.3, 0.4) is 0 Å². The van der Waals surface area contributed by atoms with Crippen LogP contribution in [0.4, 0.5) is 0 Å². The minimum absolute atomic E-state index is 0.0808. The molecule has 0 saturated carbocycles. The Balaban J connectivity index is 1.99. The molecule has 1 aliphatic rings. The number of hydrogen-bond acceptors (Lipinski definition) is 5. The summed E-state index contributed by atoms with van der Waals surface area (Å²) in [5, 5.41) is 3.22. The summed E-state index contributed by atoms with van der Waals surface area (Å²) in [7, 11) is 3.31. The number of nitrogens with zero attached hydrogens (tertiary/aromatic N) is 2. The molecule has 6 heteroatoms. The molecule has 1 fully saturated rings. The average molecular weight is 293 g/mol. The molecule has 1 saturated heterocycles. The molecule has 0 aromatic carbocycles. The van der Waals surface area contributed by atoms with Gasteiger partial charge in [-0.2, -0.15) is 0 Å². The molecule has 1 aromatic rings. The van der Waals surface area contributed by atoms with Gasteiger partial charge >= 0.3 is 0 Å². The number of nitrogens with one attached hydrogen (secondary N) is 1. The summed E-state index contributed by atoms with van der Waals surface area (Å²) >= 11 is 0. The van der Waals surface area contributed by atoms with Crippen molar-refractivity contribution in [3.8, 4) is 0 Å². The van der Waals surface area contributed by atoms with E-state index in [-0.39, 0.29) is 18.1 Å². The molecule has 1 N–H and O–H groups in total. The Labute approximate surface area is 125 Å². The largest absolute Gasteiger partial charge is 0.383 e. The first-order chi connectivity index (χ1) is 10.2. The van der Waals surface area contributed by atoms with Crippen LogP contribution in [0.1, 0.15) is 12.1 Å². The maximum absolute atomic E-state index is 12.6. The summed E-state index contributed by atoms with van der Waals surface area (Å²) in [5.74, 6) is 0.0808. The van der Waals surface area contributed by atoms with Gasteiger partial charge in [0.15, 0.2) is 0 Å². The van der Waals surface area contributed by atoms with Crippen LogP contribution >= 0.6 is 0 Å². The lowest BCUT2D eigenvalue weighted by molar-refractivity contribution is -0.134. The van der Waals surface area contributed by atoms with Crippen molar-refractivity contribution in [3.63, 3.8) is 0 Å². The van der Waals surface area contributed by atoms with Crippen molar-refractivity contribution >= 4 is 5.91 Å². The summed E-state index contributed by atoms with van der Waals surface area (Å²) in [6, 6.07) is 5.53. The zero-order valence-corrected chi connectivity index (χ0v) is 12.6. The Bertz CT molecular complexity index is 441. The van der Waals surface area contributed by atoms with Gasteiger partial charge in [-0.3, -0.25) is 9.78 Å². The monoisotopic (exact) mass is 293 g/mol. The van der Waals surface area contributed by atoms with Gasteiger partial charge in [-0.15, -0.1) is 0 Å². The molecule has 2 unspecified atom stereocenters. The number of rotatable bonds is 7. The molecule has 0 bridgehead atoms. The van der Waals surface area contributed by atoms with Gasteiger partial charge in [0, 0.05) is 33.5 Å². The number of hydrogen-bond donors (Lipinski definition) is 1. The molecule has 2 rings (SSSR count). The van der Waals surface area contributed by atoms with Gasteiger partial charge in [-0.25, -0.2) is 0 Å². The predicted molar refractivity (Wildman–Crippen MR) is 78.7 cm³/mol. The zero-order chi connectivity index (χ0) is 15.1.